The van der Waals surface area contributed by atoms with Crippen molar-refractivity contribution in [1.29, 1.82) is 0 Å². The zero-order chi connectivity index (χ0) is 34.3. The van der Waals surface area contributed by atoms with E-state index in [2.05, 4.69) is 13.8 Å². The molecule has 6 fully saturated rings. The fraction of sp³-hybridized carbons (Fsp3) is 0.914. The fourth-order valence-corrected chi connectivity index (χ4v) is 11.3. The summed E-state index contributed by atoms with van der Waals surface area (Å²) in [5.41, 5.74) is 0.0248. The molecule has 0 aromatic heterocycles. The van der Waals surface area contributed by atoms with Gasteiger partial charge in [-0.2, -0.15) is 0 Å². The van der Waals surface area contributed by atoms with Crippen molar-refractivity contribution in [3.8, 4) is 0 Å². The van der Waals surface area contributed by atoms with E-state index in [0.717, 1.165) is 63.4 Å². The number of aliphatic hydroxyl groups is 6. The van der Waals surface area contributed by atoms with Gasteiger partial charge in [0, 0.05) is 18.6 Å². The Morgan fingerprint density at radius 1 is 0.792 bits per heavy atom. The molecule has 0 radical (unpaired) electrons. The summed E-state index contributed by atoms with van der Waals surface area (Å²) >= 11 is 0. The zero-order valence-electron chi connectivity index (χ0n) is 28.3. The summed E-state index contributed by atoms with van der Waals surface area (Å²) in [5.74, 6) is 0.854. The summed E-state index contributed by atoms with van der Waals surface area (Å²) in [6.07, 6.45) is -3.86. The van der Waals surface area contributed by atoms with Gasteiger partial charge in [0.15, 0.2) is 18.9 Å². The number of carbonyl (C=O) groups excluding carboxylic acids is 1. The number of esters is 1. The van der Waals surface area contributed by atoms with Crippen LogP contribution in [0.4, 0.5) is 0 Å². The average molecular weight is 683 g/mol. The molecular weight excluding hydrogens is 628 g/mol. The van der Waals surface area contributed by atoms with E-state index in [1.54, 1.807) is 13.0 Å². The molecule has 0 amide bonds. The lowest BCUT2D eigenvalue weighted by molar-refractivity contribution is -0.380. The van der Waals surface area contributed by atoms with Crippen molar-refractivity contribution in [2.75, 3.05) is 13.7 Å². The van der Waals surface area contributed by atoms with E-state index < -0.39 is 67.2 Å². The van der Waals surface area contributed by atoms with Crippen LogP contribution >= 0.6 is 0 Å². The second-order valence-electron chi connectivity index (χ2n) is 16.2. The molecule has 0 bridgehead atoms. The first-order chi connectivity index (χ1) is 22.7. The number of ether oxygens (including phenoxy) is 6. The largest absolute Gasteiger partial charge is 0.458 e. The summed E-state index contributed by atoms with van der Waals surface area (Å²) in [6.45, 7) is 6.63. The van der Waals surface area contributed by atoms with Crippen molar-refractivity contribution in [2.45, 2.75) is 152 Å². The van der Waals surface area contributed by atoms with Gasteiger partial charge in [0.25, 0.3) is 0 Å². The second kappa shape index (κ2) is 12.8. The molecule has 4 saturated carbocycles. The predicted molar refractivity (Wildman–Crippen MR) is 166 cm³/mol. The summed E-state index contributed by atoms with van der Waals surface area (Å²) in [7, 11) is 1.27. The molecule has 0 spiro atoms. The zero-order valence-corrected chi connectivity index (χ0v) is 28.3. The highest BCUT2D eigenvalue weighted by Crippen LogP contribution is 2.70. The Morgan fingerprint density at radius 2 is 1.50 bits per heavy atom. The number of hydrogen-bond donors (Lipinski definition) is 6. The lowest BCUT2D eigenvalue weighted by Crippen LogP contribution is -2.64. The summed E-state index contributed by atoms with van der Waals surface area (Å²) < 4.78 is 33.9. The number of rotatable bonds is 6. The van der Waals surface area contributed by atoms with Gasteiger partial charge in [-0.25, -0.2) is 4.79 Å². The Labute approximate surface area is 281 Å². The predicted octanol–water partition coefficient (Wildman–Crippen LogP) is 0.892. The number of carbonyl (C=O) groups is 1. The van der Waals surface area contributed by atoms with E-state index in [-0.39, 0.29) is 34.7 Å². The maximum atomic E-state index is 12.5. The van der Waals surface area contributed by atoms with Gasteiger partial charge in [0.05, 0.1) is 17.8 Å². The Morgan fingerprint density at radius 3 is 2.21 bits per heavy atom. The molecule has 18 atom stereocenters. The van der Waals surface area contributed by atoms with Crippen molar-refractivity contribution in [2.24, 2.45) is 34.5 Å². The van der Waals surface area contributed by atoms with Crippen LogP contribution < -0.4 is 0 Å². The highest BCUT2D eigenvalue weighted by Gasteiger charge is 2.68. The molecule has 3 aliphatic heterocycles. The first-order valence-electron chi connectivity index (χ1n) is 17.9. The van der Waals surface area contributed by atoms with Gasteiger partial charge in [0.1, 0.15) is 43.2 Å². The van der Waals surface area contributed by atoms with Crippen molar-refractivity contribution < 1.29 is 63.9 Å². The molecule has 0 aromatic carbocycles. The Kier molecular flexibility index (Phi) is 9.36. The van der Waals surface area contributed by atoms with E-state index in [9.17, 15) is 35.4 Å². The molecule has 7 rings (SSSR count). The number of aliphatic hydroxyl groups excluding tert-OH is 5. The van der Waals surface area contributed by atoms with Crippen LogP contribution in [0.5, 0.6) is 0 Å². The smallest absolute Gasteiger partial charge is 0.331 e. The first kappa shape index (κ1) is 35.2. The summed E-state index contributed by atoms with van der Waals surface area (Å²) in [4.78, 5) is 11.9. The van der Waals surface area contributed by atoms with Crippen LogP contribution in [-0.4, -0.2) is 124 Å². The van der Waals surface area contributed by atoms with Gasteiger partial charge in [-0.3, -0.25) is 0 Å². The fourth-order valence-electron chi connectivity index (χ4n) is 11.3. The van der Waals surface area contributed by atoms with Gasteiger partial charge < -0.3 is 59.1 Å². The third-order valence-corrected chi connectivity index (χ3v) is 14.1. The topological polar surface area (TPSA) is 194 Å². The quantitative estimate of drug-likeness (QED) is 0.171. The third kappa shape index (κ3) is 5.42. The lowest BCUT2D eigenvalue weighted by atomic mass is 9.43. The van der Waals surface area contributed by atoms with Gasteiger partial charge in [-0.1, -0.05) is 13.8 Å². The Bertz CT molecular complexity index is 1240. The Balaban J connectivity index is 0.977. The van der Waals surface area contributed by atoms with Crippen LogP contribution in [0.3, 0.4) is 0 Å². The monoisotopic (exact) mass is 682 g/mol. The van der Waals surface area contributed by atoms with Gasteiger partial charge >= 0.3 is 5.97 Å². The van der Waals surface area contributed by atoms with E-state index in [0.29, 0.717) is 18.4 Å². The van der Waals surface area contributed by atoms with Crippen LogP contribution in [0, 0.1) is 34.5 Å². The number of hydrogen-bond acceptors (Lipinski definition) is 13. The van der Waals surface area contributed by atoms with E-state index in [1.165, 1.54) is 7.11 Å². The minimum atomic E-state index is -1.62. The second-order valence-corrected chi connectivity index (χ2v) is 16.2. The highest BCUT2D eigenvalue weighted by molar-refractivity contribution is 5.85. The maximum Gasteiger partial charge on any atom is 0.331 e. The van der Waals surface area contributed by atoms with Crippen molar-refractivity contribution >= 4 is 5.97 Å². The standard InChI is InChI=1S/C35H54O13/c1-16-29(47-32-27(40)24(37)26(39)30(43-4)48-32)25(38)28(41)31(45-16)46-19-7-10-33(2)18(14-19)5-6-22-21(33)8-11-34(3)20(9-12-35(22,34)42)17-13-23(36)44-15-17/h13,16,18-22,24-32,37-42H,5-12,14-15H2,1-4H3. The molecule has 48 heavy (non-hydrogen) atoms. The SMILES string of the molecule is COC1OC(OC2C(C)OC(OC3CCC4(C)C(CCC5C4CCC4(C)C(C6=CC(=O)OC6)CCC54O)C3)C(O)C2O)C(O)C(O)C1O. The highest BCUT2D eigenvalue weighted by atomic mass is 16.8. The molecular formula is C35H54O13. The number of fused-ring (bicyclic) bond motifs is 5. The summed E-state index contributed by atoms with van der Waals surface area (Å²) in [6, 6.07) is 0. The summed E-state index contributed by atoms with van der Waals surface area (Å²) in [5, 5.41) is 65.3. The molecule has 2 saturated heterocycles. The van der Waals surface area contributed by atoms with Crippen molar-refractivity contribution in [3.05, 3.63) is 11.6 Å². The van der Waals surface area contributed by atoms with Gasteiger partial charge in [-0.15, -0.1) is 0 Å². The molecule has 13 nitrogen and oxygen atoms in total. The van der Waals surface area contributed by atoms with Crippen LogP contribution in [0.25, 0.3) is 0 Å². The third-order valence-electron chi connectivity index (χ3n) is 14.1. The van der Waals surface area contributed by atoms with Crippen LogP contribution in [0.2, 0.25) is 0 Å². The van der Waals surface area contributed by atoms with Crippen molar-refractivity contribution in [1.82, 2.24) is 0 Å². The molecule has 7 aliphatic rings. The van der Waals surface area contributed by atoms with E-state index in [1.807, 2.05) is 0 Å². The molecule has 18 unspecified atom stereocenters. The molecule has 13 heteroatoms. The van der Waals surface area contributed by atoms with E-state index >= 15 is 0 Å². The molecule has 4 aliphatic carbocycles. The molecule has 272 valence electrons. The average Bonchev–Trinajstić information content (AvgIpc) is 3.61. The maximum absolute atomic E-state index is 12.5. The normalized spacial score (nSPS) is 55.3. The lowest BCUT2D eigenvalue weighted by Gasteiger charge is -2.64. The minimum Gasteiger partial charge on any atom is -0.458 e. The number of cyclic esters (lactones) is 1. The van der Waals surface area contributed by atoms with Crippen molar-refractivity contribution in [3.63, 3.8) is 0 Å². The molecule has 3 heterocycles. The van der Waals surface area contributed by atoms with Crippen LogP contribution in [0.1, 0.15) is 78.6 Å². The van der Waals surface area contributed by atoms with Gasteiger partial charge in [-0.05, 0) is 99.4 Å². The first-order valence-corrected chi connectivity index (χ1v) is 17.9. The molecule has 0 aromatic rings. The molecule has 6 N–H and O–H groups in total. The van der Waals surface area contributed by atoms with Crippen LogP contribution in [-0.2, 0) is 33.2 Å². The Hall–Kier alpha value is -1.23. The van der Waals surface area contributed by atoms with E-state index in [4.69, 9.17) is 28.4 Å². The van der Waals surface area contributed by atoms with Crippen LogP contribution in [0.15, 0.2) is 11.6 Å². The minimum absolute atomic E-state index is 0.0421. The van der Waals surface area contributed by atoms with Gasteiger partial charge in [0.2, 0.25) is 0 Å². The number of methoxy groups -OCH3 is 1.